The second-order valence-corrected chi connectivity index (χ2v) is 6.73. The molecule has 0 radical (unpaired) electrons. The first kappa shape index (κ1) is 16.3. The van der Waals surface area contributed by atoms with E-state index >= 15 is 0 Å². The summed E-state index contributed by atoms with van der Waals surface area (Å²) in [6.07, 6.45) is 6.49. The van der Waals surface area contributed by atoms with E-state index in [1.807, 2.05) is 12.1 Å². The normalized spacial score (nSPS) is 24.8. The fraction of sp³-hybridized carbons (Fsp3) is 0.632. The van der Waals surface area contributed by atoms with Gasteiger partial charge in [0.25, 0.3) is 0 Å². The van der Waals surface area contributed by atoms with Crippen molar-refractivity contribution >= 4 is 5.78 Å². The largest absolute Gasteiger partial charge is 0.493 e. The van der Waals surface area contributed by atoms with Crippen LogP contribution in [0, 0.1) is 5.92 Å². The summed E-state index contributed by atoms with van der Waals surface area (Å²) in [4.78, 5) is 14.1. The maximum atomic E-state index is 11.5. The molecule has 4 heteroatoms. The van der Waals surface area contributed by atoms with Gasteiger partial charge in [-0.3, -0.25) is 9.69 Å². The Balaban J connectivity index is 1.66. The van der Waals surface area contributed by atoms with Gasteiger partial charge in [-0.2, -0.15) is 0 Å². The molecule has 0 unspecified atom stereocenters. The van der Waals surface area contributed by atoms with Crippen molar-refractivity contribution < 1.29 is 14.3 Å². The van der Waals surface area contributed by atoms with Gasteiger partial charge >= 0.3 is 0 Å². The smallest absolute Gasteiger partial charge is 0.161 e. The van der Waals surface area contributed by atoms with E-state index in [0.29, 0.717) is 23.3 Å². The number of Topliss-reactive ketones (excluding diaryl/α,β-unsaturated/α-hetero) is 1. The zero-order chi connectivity index (χ0) is 16.2. The maximum absolute atomic E-state index is 11.5. The van der Waals surface area contributed by atoms with E-state index in [0.717, 1.165) is 12.4 Å². The van der Waals surface area contributed by atoms with Crippen molar-refractivity contribution in [3.05, 3.63) is 23.8 Å². The van der Waals surface area contributed by atoms with Crippen molar-refractivity contribution in [1.82, 2.24) is 4.90 Å². The molecule has 2 aliphatic heterocycles. The van der Waals surface area contributed by atoms with E-state index in [1.54, 1.807) is 20.1 Å². The molecule has 2 fully saturated rings. The standard InChI is InChI=1S/C19H27NO3/c1-14(21)15-8-9-18(19(12-15)22-2)23-13-16-6-5-11-20-10-4-3-7-17(16)20/h8-9,12,16-17H,3-7,10-11,13H2,1-2H3/t16-,17+/m0/s1. The lowest BCUT2D eigenvalue weighted by molar-refractivity contribution is 0.0361. The minimum atomic E-state index is 0.0416. The van der Waals surface area contributed by atoms with E-state index in [1.165, 1.54) is 45.2 Å². The summed E-state index contributed by atoms with van der Waals surface area (Å²) in [5.41, 5.74) is 0.658. The van der Waals surface area contributed by atoms with E-state index in [4.69, 9.17) is 9.47 Å². The molecule has 0 bridgehead atoms. The summed E-state index contributed by atoms with van der Waals surface area (Å²) in [6, 6.07) is 6.12. The number of hydrogen-bond acceptors (Lipinski definition) is 4. The highest BCUT2D eigenvalue weighted by Gasteiger charge is 2.33. The molecule has 126 valence electrons. The third kappa shape index (κ3) is 3.69. The highest BCUT2D eigenvalue weighted by Crippen LogP contribution is 2.33. The average molecular weight is 317 g/mol. The molecule has 2 heterocycles. The number of fused-ring (bicyclic) bond motifs is 1. The molecule has 1 aromatic rings. The van der Waals surface area contributed by atoms with E-state index in [9.17, 15) is 4.79 Å². The summed E-state index contributed by atoms with van der Waals surface area (Å²) in [5.74, 6) is 2.03. The highest BCUT2D eigenvalue weighted by molar-refractivity contribution is 5.94. The van der Waals surface area contributed by atoms with Crippen LogP contribution in [0.5, 0.6) is 11.5 Å². The molecule has 0 aliphatic carbocycles. The fourth-order valence-corrected chi connectivity index (χ4v) is 3.97. The molecule has 2 atom stereocenters. The van der Waals surface area contributed by atoms with Gasteiger partial charge in [0.15, 0.2) is 17.3 Å². The molecule has 23 heavy (non-hydrogen) atoms. The van der Waals surface area contributed by atoms with Crippen LogP contribution < -0.4 is 9.47 Å². The Labute approximate surface area is 138 Å². The lowest BCUT2D eigenvalue weighted by atomic mass is 9.84. The van der Waals surface area contributed by atoms with Crippen LogP contribution in [0.15, 0.2) is 18.2 Å². The van der Waals surface area contributed by atoms with Crippen molar-refractivity contribution in [3.63, 3.8) is 0 Å². The van der Waals surface area contributed by atoms with Crippen LogP contribution in [-0.2, 0) is 0 Å². The van der Waals surface area contributed by atoms with Gasteiger partial charge in [-0.1, -0.05) is 6.42 Å². The van der Waals surface area contributed by atoms with Gasteiger partial charge in [-0.15, -0.1) is 0 Å². The van der Waals surface area contributed by atoms with Crippen molar-refractivity contribution in [3.8, 4) is 11.5 Å². The number of hydrogen-bond donors (Lipinski definition) is 0. The van der Waals surface area contributed by atoms with Gasteiger partial charge in [0.2, 0.25) is 0 Å². The zero-order valence-electron chi connectivity index (χ0n) is 14.2. The summed E-state index contributed by atoms with van der Waals surface area (Å²) < 4.78 is 11.5. The van der Waals surface area contributed by atoms with Crippen LogP contribution >= 0.6 is 0 Å². The van der Waals surface area contributed by atoms with Crippen molar-refractivity contribution in [2.75, 3.05) is 26.8 Å². The molecule has 0 amide bonds. The Morgan fingerprint density at radius 2 is 2.00 bits per heavy atom. The second-order valence-electron chi connectivity index (χ2n) is 6.73. The van der Waals surface area contributed by atoms with E-state index in [-0.39, 0.29) is 5.78 Å². The molecule has 4 nitrogen and oxygen atoms in total. The van der Waals surface area contributed by atoms with Gasteiger partial charge in [0.1, 0.15) is 0 Å². The molecular weight excluding hydrogens is 290 g/mol. The van der Waals surface area contributed by atoms with Crippen LogP contribution in [0.3, 0.4) is 0 Å². The Bertz CT molecular complexity index is 556. The molecule has 3 rings (SSSR count). The molecule has 2 saturated heterocycles. The maximum Gasteiger partial charge on any atom is 0.161 e. The third-order valence-corrected chi connectivity index (χ3v) is 5.25. The van der Waals surface area contributed by atoms with Crippen LogP contribution in [0.25, 0.3) is 0 Å². The van der Waals surface area contributed by atoms with E-state index < -0.39 is 0 Å². The van der Waals surface area contributed by atoms with E-state index in [2.05, 4.69) is 4.90 Å². The number of benzene rings is 1. The predicted molar refractivity (Wildman–Crippen MR) is 90.4 cm³/mol. The van der Waals surface area contributed by atoms with Gasteiger partial charge in [0.05, 0.1) is 13.7 Å². The fourth-order valence-electron chi connectivity index (χ4n) is 3.97. The van der Waals surface area contributed by atoms with Crippen LogP contribution in [0.1, 0.15) is 49.4 Å². The molecule has 0 spiro atoms. The molecule has 0 N–H and O–H groups in total. The molecular formula is C19H27NO3. The number of carbonyl (C=O) groups excluding carboxylic acids is 1. The highest BCUT2D eigenvalue weighted by atomic mass is 16.5. The Hall–Kier alpha value is -1.55. The number of rotatable bonds is 5. The summed E-state index contributed by atoms with van der Waals surface area (Å²) in [5, 5.41) is 0. The Morgan fingerprint density at radius 1 is 1.17 bits per heavy atom. The van der Waals surface area contributed by atoms with Gasteiger partial charge in [-0.05, 0) is 63.9 Å². The first-order chi connectivity index (χ1) is 11.2. The Kier molecular flexibility index (Phi) is 5.21. The number of ether oxygens (including phenoxy) is 2. The predicted octanol–water partition coefficient (Wildman–Crippen LogP) is 3.54. The number of piperidine rings is 2. The number of ketones is 1. The van der Waals surface area contributed by atoms with Crippen LogP contribution in [0.4, 0.5) is 0 Å². The zero-order valence-corrected chi connectivity index (χ0v) is 14.2. The van der Waals surface area contributed by atoms with Crippen molar-refractivity contribution in [1.29, 1.82) is 0 Å². The van der Waals surface area contributed by atoms with Gasteiger partial charge < -0.3 is 9.47 Å². The lowest BCUT2D eigenvalue weighted by Gasteiger charge is -2.44. The Morgan fingerprint density at radius 3 is 2.78 bits per heavy atom. The number of carbonyl (C=O) groups is 1. The molecule has 0 saturated carbocycles. The minimum Gasteiger partial charge on any atom is -0.493 e. The van der Waals surface area contributed by atoms with Crippen LogP contribution in [-0.4, -0.2) is 43.5 Å². The van der Waals surface area contributed by atoms with Gasteiger partial charge in [-0.25, -0.2) is 0 Å². The number of nitrogens with zero attached hydrogens (tertiary/aromatic N) is 1. The SMILES string of the molecule is COc1cc(C(C)=O)ccc1OC[C@@H]1CCCN2CCCC[C@H]12. The van der Waals surface area contributed by atoms with Crippen molar-refractivity contribution in [2.45, 2.75) is 45.1 Å². The van der Waals surface area contributed by atoms with Gasteiger partial charge in [0, 0.05) is 17.5 Å². The summed E-state index contributed by atoms with van der Waals surface area (Å²) in [6.45, 7) is 4.79. The molecule has 0 aromatic heterocycles. The summed E-state index contributed by atoms with van der Waals surface area (Å²) >= 11 is 0. The lowest BCUT2D eigenvalue weighted by Crippen LogP contribution is -2.49. The molecule has 1 aromatic carbocycles. The first-order valence-corrected chi connectivity index (χ1v) is 8.75. The topological polar surface area (TPSA) is 38.8 Å². The average Bonchev–Trinajstić information content (AvgIpc) is 2.59. The third-order valence-electron chi connectivity index (χ3n) is 5.25. The second kappa shape index (κ2) is 7.35. The molecule has 2 aliphatic rings. The van der Waals surface area contributed by atoms with Crippen LogP contribution in [0.2, 0.25) is 0 Å². The first-order valence-electron chi connectivity index (χ1n) is 8.75. The van der Waals surface area contributed by atoms with Crippen molar-refractivity contribution in [2.24, 2.45) is 5.92 Å². The quantitative estimate of drug-likeness (QED) is 0.779. The minimum absolute atomic E-state index is 0.0416. The number of methoxy groups -OCH3 is 1. The monoisotopic (exact) mass is 317 g/mol. The summed E-state index contributed by atoms with van der Waals surface area (Å²) in [7, 11) is 1.62.